The van der Waals surface area contributed by atoms with Gasteiger partial charge in [-0.05, 0) is 24.6 Å². The van der Waals surface area contributed by atoms with Crippen molar-refractivity contribution in [3.05, 3.63) is 64.1 Å². The molecular weight excluding hydrogens is 433 g/mol. The molecule has 0 aliphatic heterocycles. The summed E-state index contributed by atoms with van der Waals surface area (Å²) in [6.07, 6.45) is 0.568. The molecule has 1 aromatic heterocycles. The third kappa shape index (κ3) is 9.06. The minimum atomic E-state index is -1.54. The molecule has 1 atom stereocenters. The van der Waals surface area contributed by atoms with Crippen LogP contribution in [0.15, 0.2) is 47.4 Å². The molecule has 3 N–H and O–H groups in total. The number of rotatable bonds is 10. The van der Waals surface area contributed by atoms with Crippen molar-refractivity contribution in [1.82, 2.24) is 9.88 Å². The molecular formula is C23H28FN3O6. The Morgan fingerprint density at radius 1 is 1.09 bits per heavy atom. The summed E-state index contributed by atoms with van der Waals surface area (Å²) in [5, 5.41) is 13.4. The number of Topliss-reactive ketones (excluding diaryl/α,β-unsaturated/α-hetero) is 1. The number of carboxylic acids is 1. The zero-order chi connectivity index (χ0) is 25.0. The topological polar surface area (TPSA) is 135 Å². The van der Waals surface area contributed by atoms with Crippen molar-refractivity contribution in [2.24, 2.45) is 0 Å². The van der Waals surface area contributed by atoms with Gasteiger partial charge in [-0.15, -0.1) is 0 Å². The van der Waals surface area contributed by atoms with E-state index in [9.17, 15) is 28.4 Å². The first-order valence-electron chi connectivity index (χ1n) is 10.3. The Kier molecular flexibility index (Phi) is 11.2. The lowest BCUT2D eigenvalue weighted by molar-refractivity contribution is -0.140. The molecule has 2 rings (SSSR count). The second-order valence-corrected chi connectivity index (χ2v) is 6.89. The fourth-order valence-electron chi connectivity index (χ4n) is 2.87. The Morgan fingerprint density at radius 3 is 2.39 bits per heavy atom. The van der Waals surface area contributed by atoms with Crippen molar-refractivity contribution >= 4 is 29.3 Å². The standard InChI is InChI=1S/C21H22FN3O6.C2H6/c1-13-4-2-5-14(8-13)9-18(27)23-15-6-3-7-25(21(15)31)12-19(28)24-16(10-20(29)30)17(26)11-22;1-2/h2-8,16H,9-12H2,1H3,(H,23,27)(H,24,28)(H,29,30);1-2H3. The quantitative estimate of drug-likeness (QED) is 0.494. The van der Waals surface area contributed by atoms with E-state index >= 15 is 0 Å². The molecule has 2 amide bonds. The van der Waals surface area contributed by atoms with Crippen LogP contribution >= 0.6 is 0 Å². The van der Waals surface area contributed by atoms with Gasteiger partial charge in [-0.25, -0.2) is 4.39 Å². The molecule has 0 radical (unpaired) electrons. The Morgan fingerprint density at radius 2 is 1.79 bits per heavy atom. The number of carboxylic acid groups (broad SMARTS) is 1. The highest BCUT2D eigenvalue weighted by atomic mass is 19.1. The highest BCUT2D eigenvalue weighted by Crippen LogP contribution is 2.07. The first-order valence-corrected chi connectivity index (χ1v) is 10.3. The number of aryl methyl sites for hydroxylation is 1. The molecule has 0 spiro atoms. The van der Waals surface area contributed by atoms with Crippen molar-refractivity contribution in [2.45, 2.75) is 46.2 Å². The number of amides is 2. The van der Waals surface area contributed by atoms with E-state index in [0.717, 1.165) is 15.7 Å². The van der Waals surface area contributed by atoms with Gasteiger partial charge in [0.25, 0.3) is 5.56 Å². The molecule has 1 unspecified atom stereocenters. The summed E-state index contributed by atoms with van der Waals surface area (Å²) in [5.41, 5.74) is 1.05. The fraction of sp³-hybridized carbons (Fsp3) is 0.348. The summed E-state index contributed by atoms with van der Waals surface area (Å²) in [6, 6.07) is 8.62. The predicted molar refractivity (Wildman–Crippen MR) is 121 cm³/mol. The largest absolute Gasteiger partial charge is 0.481 e. The van der Waals surface area contributed by atoms with Crippen molar-refractivity contribution in [1.29, 1.82) is 0 Å². The Bertz CT molecular complexity index is 1050. The number of hydrogen-bond acceptors (Lipinski definition) is 5. The average Bonchev–Trinajstić information content (AvgIpc) is 2.76. The summed E-state index contributed by atoms with van der Waals surface area (Å²) in [7, 11) is 0. The van der Waals surface area contributed by atoms with E-state index in [2.05, 4.69) is 10.6 Å². The van der Waals surface area contributed by atoms with Gasteiger partial charge >= 0.3 is 5.97 Å². The van der Waals surface area contributed by atoms with Crippen molar-refractivity contribution in [2.75, 3.05) is 12.0 Å². The van der Waals surface area contributed by atoms with Crippen LogP contribution < -0.4 is 16.2 Å². The lowest BCUT2D eigenvalue weighted by atomic mass is 10.1. The van der Waals surface area contributed by atoms with E-state index in [1.54, 1.807) is 6.07 Å². The lowest BCUT2D eigenvalue weighted by Crippen LogP contribution is -2.45. The predicted octanol–water partition coefficient (Wildman–Crippen LogP) is 1.86. The highest BCUT2D eigenvalue weighted by molar-refractivity contribution is 5.93. The Hall–Kier alpha value is -3.82. The molecule has 9 nitrogen and oxygen atoms in total. The summed E-state index contributed by atoms with van der Waals surface area (Å²) >= 11 is 0. The van der Waals surface area contributed by atoms with Gasteiger partial charge in [0.05, 0.1) is 12.8 Å². The van der Waals surface area contributed by atoms with Crippen LogP contribution in [0, 0.1) is 6.92 Å². The Labute approximate surface area is 190 Å². The summed E-state index contributed by atoms with van der Waals surface area (Å²) in [6.45, 7) is 3.92. The molecule has 0 saturated heterocycles. The van der Waals surface area contributed by atoms with Gasteiger partial charge in [-0.3, -0.25) is 24.0 Å². The molecule has 0 aliphatic rings. The SMILES string of the molecule is CC.Cc1cccc(CC(=O)Nc2cccn(CC(=O)NC(CC(=O)O)C(=O)CF)c2=O)c1. The number of carbonyl (C=O) groups excluding carboxylic acids is 3. The smallest absolute Gasteiger partial charge is 0.305 e. The molecule has 0 bridgehead atoms. The highest BCUT2D eigenvalue weighted by Gasteiger charge is 2.23. The van der Waals surface area contributed by atoms with Crippen molar-refractivity contribution in [3.63, 3.8) is 0 Å². The zero-order valence-corrected chi connectivity index (χ0v) is 18.8. The minimum absolute atomic E-state index is 0.0464. The molecule has 0 aliphatic carbocycles. The van der Waals surface area contributed by atoms with E-state index in [1.807, 2.05) is 39.0 Å². The number of hydrogen-bond donors (Lipinski definition) is 3. The van der Waals surface area contributed by atoms with Crippen LogP contribution in [0.5, 0.6) is 0 Å². The molecule has 33 heavy (non-hydrogen) atoms. The van der Waals surface area contributed by atoms with Crippen LogP contribution in [0.3, 0.4) is 0 Å². The number of aromatic nitrogens is 1. The van der Waals surface area contributed by atoms with Crippen LogP contribution in [0.4, 0.5) is 10.1 Å². The third-order valence-electron chi connectivity index (χ3n) is 4.29. The number of benzene rings is 1. The maximum Gasteiger partial charge on any atom is 0.305 e. The maximum atomic E-state index is 12.6. The second-order valence-electron chi connectivity index (χ2n) is 6.89. The minimum Gasteiger partial charge on any atom is -0.481 e. The van der Waals surface area contributed by atoms with Crippen molar-refractivity contribution < 1.29 is 28.7 Å². The number of nitrogens with one attached hydrogen (secondary N) is 2. The number of anilines is 1. The molecule has 0 saturated carbocycles. The third-order valence-corrected chi connectivity index (χ3v) is 4.29. The van der Waals surface area contributed by atoms with Gasteiger partial charge in [0.1, 0.15) is 24.9 Å². The maximum absolute atomic E-state index is 12.6. The lowest BCUT2D eigenvalue weighted by Gasteiger charge is -2.15. The van der Waals surface area contributed by atoms with Crippen LogP contribution in [-0.2, 0) is 32.1 Å². The van der Waals surface area contributed by atoms with E-state index in [4.69, 9.17) is 5.11 Å². The van der Waals surface area contributed by atoms with Crippen LogP contribution in [0.25, 0.3) is 0 Å². The van der Waals surface area contributed by atoms with E-state index in [1.165, 1.54) is 18.3 Å². The number of carbonyl (C=O) groups is 4. The van der Waals surface area contributed by atoms with Gasteiger partial charge in [-0.2, -0.15) is 0 Å². The number of pyridine rings is 1. The van der Waals surface area contributed by atoms with Gasteiger partial charge in [-0.1, -0.05) is 43.7 Å². The average molecular weight is 461 g/mol. The van der Waals surface area contributed by atoms with E-state index in [0.29, 0.717) is 0 Å². The summed E-state index contributed by atoms with van der Waals surface area (Å²) in [4.78, 5) is 59.3. The molecule has 2 aromatic rings. The normalized spacial score (nSPS) is 10.9. The number of aliphatic carboxylic acids is 1. The number of nitrogens with zero attached hydrogens (tertiary/aromatic N) is 1. The van der Waals surface area contributed by atoms with Crippen molar-refractivity contribution in [3.8, 4) is 0 Å². The first kappa shape index (κ1) is 27.2. The van der Waals surface area contributed by atoms with Gasteiger partial charge in [0.15, 0.2) is 5.78 Å². The van der Waals surface area contributed by atoms with E-state index < -0.39 is 54.8 Å². The molecule has 10 heteroatoms. The first-order chi connectivity index (χ1) is 15.7. The summed E-state index contributed by atoms with van der Waals surface area (Å²) < 4.78 is 13.6. The zero-order valence-electron chi connectivity index (χ0n) is 18.8. The number of halogens is 1. The summed E-state index contributed by atoms with van der Waals surface area (Å²) in [5.74, 6) is -3.74. The Balaban J connectivity index is 0.00000265. The van der Waals surface area contributed by atoms with Gasteiger partial charge < -0.3 is 20.3 Å². The van der Waals surface area contributed by atoms with Crippen LogP contribution in [0.1, 0.15) is 31.4 Å². The van der Waals surface area contributed by atoms with Crippen LogP contribution in [-0.4, -0.2) is 46.0 Å². The number of alkyl halides is 1. The molecule has 178 valence electrons. The van der Waals surface area contributed by atoms with Gasteiger partial charge in [0, 0.05) is 6.20 Å². The molecule has 1 aromatic carbocycles. The monoisotopic (exact) mass is 461 g/mol. The second kappa shape index (κ2) is 13.6. The van der Waals surface area contributed by atoms with Crippen LogP contribution in [0.2, 0.25) is 0 Å². The molecule has 1 heterocycles. The fourth-order valence-corrected chi connectivity index (χ4v) is 2.87. The van der Waals surface area contributed by atoms with E-state index in [-0.39, 0.29) is 12.1 Å². The van der Waals surface area contributed by atoms with Gasteiger partial charge in [0.2, 0.25) is 11.8 Å². The number of ketones is 1. The molecule has 0 fully saturated rings.